The molecule has 3 nitrogen and oxygen atoms in total. The molecule has 0 spiro atoms. The fourth-order valence-corrected chi connectivity index (χ4v) is 1.57. The van der Waals surface area contributed by atoms with E-state index < -0.39 is 28.8 Å². The standard InChI is InChI=1S/C11H7ClF3NO2/c1-2-18-10(17)9-6(5-16)7(11(13,14)15)3-4-8(9)12/h3-4H,2H2,1H3. The number of alkyl halides is 3. The third-order valence-electron chi connectivity index (χ3n) is 2.05. The molecule has 0 N–H and O–H groups in total. The normalized spacial score (nSPS) is 10.9. The highest BCUT2D eigenvalue weighted by Crippen LogP contribution is 2.35. The summed E-state index contributed by atoms with van der Waals surface area (Å²) in [7, 11) is 0. The molecule has 0 aliphatic carbocycles. The Morgan fingerprint density at radius 1 is 1.50 bits per heavy atom. The Morgan fingerprint density at radius 2 is 2.11 bits per heavy atom. The minimum absolute atomic E-state index is 0.0315. The van der Waals surface area contributed by atoms with Gasteiger partial charge in [0, 0.05) is 0 Å². The van der Waals surface area contributed by atoms with Crippen molar-refractivity contribution in [1.82, 2.24) is 0 Å². The molecule has 0 bridgehead atoms. The van der Waals surface area contributed by atoms with E-state index >= 15 is 0 Å². The van der Waals surface area contributed by atoms with Crippen molar-refractivity contribution in [1.29, 1.82) is 5.26 Å². The SMILES string of the molecule is CCOC(=O)c1c(Cl)ccc(C(F)(F)F)c1C#N. The monoisotopic (exact) mass is 277 g/mol. The van der Waals surface area contributed by atoms with Crippen LogP contribution in [0.5, 0.6) is 0 Å². The average molecular weight is 278 g/mol. The van der Waals surface area contributed by atoms with Crippen molar-refractivity contribution in [2.75, 3.05) is 6.61 Å². The van der Waals surface area contributed by atoms with Gasteiger partial charge in [-0.1, -0.05) is 11.6 Å². The number of rotatable bonds is 2. The van der Waals surface area contributed by atoms with Gasteiger partial charge in [0.1, 0.15) is 6.07 Å². The lowest BCUT2D eigenvalue weighted by molar-refractivity contribution is -0.137. The van der Waals surface area contributed by atoms with Crippen LogP contribution in [0.2, 0.25) is 5.02 Å². The second-order valence-corrected chi connectivity index (χ2v) is 3.58. The first-order valence-corrected chi connectivity index (χ1v) is 5.17. The number of carbonyl (C=O) groups excluding carboxylic acids is 1. The van der Waals surface area contributed by atoms with Crippen LogP contribution in [0.4, 0.5) is 13.2 Å². The van der Waals surface area contributed by atoms with E-state index in [1.54, 1.807) is 0 Å². The Kier molecular flexibility index (Phi) is 4.19. The zero-order chi connectivity index (χ0) is 13.9. The minimum atomic E-state index is -4.74. The van der Waals surface area contributed by atoms with Crippen LogP contribution in [-0.2, 0) is 10.9 Å². The zero-order valence-electron chi connectivity index (χ0n) is 9.14. The molecular formula is C11H7ClF3NO2. The van der Waals surface area contributed by atoms with Gasteiger partial charge in [-0.15, -0.1) is 0 Å². The summed E-state index contributed by atoms with van der Waals surface area (Å²) in [4.78, 5) is 11.5. The fourth-order valence-electron chi connectivity index (χ4n) is 1.33. The Labute approximate surface area is 106 Å². The molecule has 0 saturated carbocycles. The van der Waals surface area contributed by atoms with Gasteiger partial charge < -0.3 is 4.74 Å². The van der Waals surface area contributed by atoms with Gasteiger partial charge in [0.25, 0.3) is 0 Å². The van der Waals surface area contributed by atoms with Gasteiger partial charge >= 0.3 is 12.1 Å². The summed E-state index contributed by atoms with van der Waals surface area (Å²) < 4.78 is 42.5. The molecule has 1 aromatic carbocycles. The molecule has 0 amide bonds. The third kappa shape index (κ3) is 2.74. The quantitative estimate of drug-likeness (QED) is 0.778. The lowest BCUT2D eigenvalue weighted by Crippen LogP contribution is -2.14. The Morgan fingerprint density at radius 3 is 2.56 bits per heavy atom. The minimum Gasteiger partial charge on any atom is -0.462 e. The van der Waals surface area contributed by atoms with Gasteiger partial charge in [-0.05, 0) is 19.1 Å². The first-order valence-electron chi connectivity index (χ1n) is 4.79. The van der Waals surface area contributed by atoms with Crippen molar-refractivity contribution < 1.29 is 22.7 Å². The Hall–Kier alpha value is -1.74. The summed E-state index contributed by atoms with van der Waals surface area (Å²) in [5, 5.41) is 8.54. The smallest absolute Gasteiger partial charge is 0.417 e. The van der Waals surface area contributed by atoms with E-state index in [-0.39, 0.29) is 11.6 Å². The lowest BCUT2D eigenvalue weighted by atomic mass is 10.0. The molecule has 0 aromatic heterocycles. The number of esters is 1. The van der Waals surface area contributed by atoms with E-state index in [2.05, 4.69) is 4.74 Å². The molecule has 0 fully saturated rings. The predicted octanol–water partition coefficient (Wildman–Crippen LogP) is 3.41. The third-order valence-corrected chi connectivity index (χ3v) is 2.37. The number of nitriles is 1. The highest BCUT2D eigenvalue weighted by Gasteiger charge is 2.36. The van der Waals surface area contributed by atoms with Crippen LogP contribution in [0.25, 0.3) is 0 Å². The molecule has 1 rings (SSSR count). The summed E-state index contributed by atoms with van der Waals surface area (Å²) >= 11 is 5.64. The Balaban J connectivity index is 3.51. The largest absolute Gasteiger partial charge is 0.462 e. The number of hydrogen-bond acceptors (Lipinski definition) is 3. The number of nitrogens with zero attached hydrogens (tertiary/aromatic N) is 1. The molecule has 0 aliphatic heterocycles. The maximum atomic E-state index is 12.7. The molecule has 0 atom stereocenters. The first-order chi connectivity index (χ1) is 8.32. The van der Waals surface area contributed by atoms with Crippen LogP contribution < -0.4 is 0 Å². The van der Waals surface area contributed by atoms with Crippen molar-refractivity contribution in [3.05, 3.63) is 33.8 Å². The van der Waals surface area contributed by atoms with Crippen LogP contribution >= 0.6 is 11.6 Å². The average Bonchev–Trinajstić information content (AvgIpc) is 2.26. The zero-order valence-corrected chi connectivity index (χ0v) is 9.89. The molecule has 0 unspecified atom stereocenters. The van der Waals surface area contributed by atoms with Gasteiger partial charge in [-0.3, -0.25) is 0 Å². The van der Waals surface area contributed by atoms with Gasteiger partial charge in [0.2, 0.25) is 0 Å². The van der Waals surface area contributed by atoms with Crippen LogP contribution in [-0.4, -0.2) is 12.6 Å². The summed E-state index contributed by atoms with van der Waals surface area (Å²) in [5.74, 6) is -1.05. The van der Waals surface area contributed by atoms with Gasteiger partial charge in [0.15, 0.2) is 0 Å². The summed E-state index contributed by atoms with van der Waals surface area (Å²) in [5.41, 5.74) is -2.60. The van der Waals surface area contributed by atoms with Crippen molar-refractivity contribution in [2.45, 2.75) is 13.1 Å². The lowest BCUT2D eigenvalue weighted by Gasteiger charge is -2.12. The van der Waals surface area contributed by atoms with Gasteiger partial charge in [-0.25, -0.2) is 4.79 Å². The van der Waals surface area contributed by atoms with Gasteiger partial charge in [-0.2, -0.15) is 18.4 Å². The number of halogens is 4. The van der Waals surface area contributed by atoms with Gasteiger partial charge in [0.05, 0.1) is 28.3 Å². The molecular weight excluding hydrogens is 271 g/mol. The fraction of sp³-hybridized carbons (Fsp3) is 0.273. The van der Waals surface area contributed by atoms with E-state index in [1.807, 2.05) is 0 Å². The number of benzene rings is 1. The summed E-state index contributed by atoms with van der Waals surface area (Å²) in [6.45, 7) is 1.46. The van der Waals surface area contributed by atoms with Crippen LogP contribution in [0, 0.1) is 11.3 Å². The van der Waals surface area contributed by atoms with E-state index in [0.717, 1.165) is 6.07 Å². The maximum Gasteiger partial charge on any atom is 0.417 e. The van der Waals surface area contributed by atoms with Crippen molar-refractivity contribution in [2.24, 2.45) is 0 Å². The predicted molar refractivity (Wildman–Crippen MR) is 57.1 cm³/mol. The molecule has 0 radical (unpaired) electrons. The summed E-state index contributed by atoms with van der Waals surface area (Å²) in [6.07, 6.45) is -4.74. The number of carbonyl (C=O) groups is 1. The van der Waals surface area contributed by atoms with E-state index in [1.165, 1.54) is 13.0 Å². The second kappa shape index (κ2) is 5.27. The second-order valence-electron chi connectivity index (χ2n) is 3.17. The number of hydrogen-bond donors (Lipinski definition) is 0. The van der Waals surface area contributed by atoms with Crippen molar-refractivity contribution >= 4 is 17.6 Å². The van der Waals surface area contributed by atoms with Crippen LogP contribution in [0.1, 0.15) is 28.4 Å². The first kappa shape index (κ1) is 14.3. The van der Waals surface area contributed by atoms with E-state index in [9.17, 15) is 18.0 Å². The number of ether oxygens (including phenoxy) is 1. The van der Waals surface area contributed by atoms with Crippen LogP contribution in [0.3, 0.4) is 0 Å². The Bertz CT molecular complexity index is 520. The molecule has 0 saturated heterocycles. The maximum absolute atomic E-state index is 12.7. The molecule has 96 valence electrons. The molecule has 7 heteroatoms. The topological polar surface area (TPSA) is 50.1 Å². The molecule has 18 heavy (non-hydrogen) atoms. The van der Waals surface area contributed by atoms with Crippen LogP contribution in [0.15, 0.2) is 12.1 Å². The van der Waals surface area contributed by atoms with E-state index in [4.69, 9.17) is 16.9 Å². The molecule has 0 heterocycles. The van der Waals surface area contributed by atoms with Crippen molar-refractivity contribution in [3.63, 3.8) is 0 Å². The molecule has 0 aliphatic rings. The summed E-state index contributed by atoms with van der Waals surface area (Å²) in [6, 6.07) is 2.92. The van der Waals surface area contributed by atoms with Crippen molar-refractivity contribution in [3.8, 4) is 6.07 Å². The highest BCUT2D eigenvalue weighted by atomic mass is 35.5. The highest BCUT2D eigenvalue weighted by molar-refractivity contribution is 6.34. The molecule has 1 aromatic rings. The van der Waals surface area contributed by atoms with E-state index in [0.29, 0.717) is 6.07 Å².